The lowest BCUT2D eigenvalue weighted by Gasteiger charge is -2.38. The lowest BCUT2D eigenvalue weighted by Crippen LogP contribution is -2.60. The topological polar surface area (TPSA) is 85.0 Å². The van der Waals surface area contributed by atoms with Gasteiger partial charge in [0, 0.05) is 51.5 Å². The van der Waals surface area contributed by atoms with Crippen molar-refractivity contribution in [3.63, 3.8) is 0 Å². The van der Waals surface area contributed by atoms with E-state index in [9.17, 15) is 27.6 Å². The molecule has 8 nitrogen and oxygen atoms in total. The molecule has 37 heavy (non-hydrogen) atoms. The maximum atomic E-state index is 13.1. The van der Waals surface area contributed by atoms with Gasteiger partial charge in [0.25, 0.3) is 0 Å². The van der Waals surface area contributed by atoms with E-state index in [1.165, 1.54) is 22.6 Å². The Kier molecular flexibility index (Phi) is 8.45. The molecule has 1 unspecified atom stereocenters. The van der Waals surface area contributed by atoms with Gasteiger partial charge in [-0.05, 0) is 23.8 Å². The zero-order valence-corrected chi connectivity index (χ0v) is 20.3. The third-order valence-electron chi connectivity index (χ3n) is 6.58. The van der Waals surface area contributed by atoms with Crippen LogP contribution in [0.3, 0.4) is 0 Å². The molecule has 2 aromatic carbocycles. The highest BCUT2D eigenvalue weighted by molar-refractivity contribution is 5.97. The van der Waals surface area contributed by atoms with Gasteiger partial charge in [0.05, 0.1) is 18.5 Å². The van der Waals surface area contributed by atoms with Crippen LogP contribution in [0.1, 0.15) is 17.5 Å². The first-order valence-electron chi connectivity index (χ1n) is 12.2. The summed E-state index contributed by atoms with van der Waals surface area (Å²) >= 11 is 0. The van der Waals surface area contributed by atoms with Crippen molar-refractivity contribution in [2.24, 2.45) is 0 Å². The number of hydrogen-bond donors (Lipinski definition) is 2. The Hall–Kier alpha value is -3.44. The molecule has 2 saturated heterocycles. The molecule has 0 radical (unpaired) electrons. The number of benzene rings is 2. The van der Waals surface area contributed by atoms with E-state index in [1.54, 1.807) is 0 Å². The highest BCUT2D eigenvalue weighted by Gasteiger charge is 2.36. The summed E-state index contributed by atoms with van der Waals surface area (Å²) in [5, 5.41) is 5.08. The predicted molar refractivity (Wildman–Crippen MR) is 131 cm³/mol. The quantitative estimate of drug-likeness (QED) is 0.588. The normalized spacial score (nSPS) is 19.4. The number of carbonyl (C=O) groups excluding carboxylic acids is 3. The van der Waals surface area contributed by atoms with Crippen molar-refractivity contribution in [3.8, 4) is 0 Å². The average molecular weight is 518 g/mol. The van der Waals surface area contributed by atoms with E-state index in [4.69, 9.17) is 0 Å². The van der Waals surface area contributed by atoms with Crippen LogP contribution in [0, 0.1) is 0 Å². The van der Waals surface area contributed by atoms with Crippen molar-refractivity contribution < 1.29 is 27.6 Å². The van der Waals surface area contributed by atoms with Crippen LogP contribution < -0.4 is 10.6 Å². The van der Waals surface area contributed by atoms with Crippen molar-refractivity contribution in [1.29, 1.82) is 0 Å². The smallest absolute Gasteiger partial charge is 0.353 e. The Morgan fingerprint density at radius 3 is 2.35 bits per heavy atom. The molecule has 0 spiro atoms. The number of nitrogens with zero attached hydrogens (tertiary/aromatic N) is 3. The number of amides is 3. The largest absolute Gasteiger partial charge is 0.416 e. The SMILES string of the molecule is O=C(CC1C(=O)NCCN1C(=O)CN1CCN(Cc2ccccc2)CC1)Nc1cccc(C(F)(F)F)c1. The summed E-state index contributed by atoms with van der Waals surface area (Å²) in [5.41, 5.74) is 0.321. The minimum Gasteiger partial charge on any atom is -0.353 e. The van der Waals surface area contributed by atoms with Crippen molar-refractivity contribution in [3.05, 3.63) is 65.7 Å². The standard InChI is InChI=1S/C26H30F3N5O3/c27-26(28,29)20-7-4-8-21(15-20)31-23(35)16-22-25(37)30-9-10-34(22)24(36)18-33-13-11-32(12-14-33)17-19-5-2-1-3-6-19/h1-8,15,22H,9-14,16-18H2,(H,30,37)(H,31,35). The Morgan fingerprint density at radius 1 is 0.946 bits per heavy atom. The lowest BCUT2D eigenvalue weighted by atomic mass is 10.1. The first-order valence-corrected chi connectivity index (χ1v) is 12.2. The fraction of sp³-hybridized carbons (Fsp3) is 0.423. The molecule has 11 heteroatoms. The molecule has 2 N–H and O–H groups in total. The minimum absolute atomic E-state index is 0.0257. The summed E-state index contributed by atoms with van der Waals surface area (Å²) in [5.74, 6) is -1.34. The second-order valence-electron chi connectivity index (χ2n) is 9.26. The molecule has 0 aliphatic carbocycles. The molecule has 2 fully saturated rings. The van der Waals surface area contributed by atoms with E-state index in [0.717, 1.165) is 31.8 Å². The van der Waals surface area contributed by atoms with Crippen LogP contribution in [0.4, 0.5) is 18.9 Å². The van der Waals surface area contributed by atoms with Gasteiger partial charge < -0.3 is 15.5 Å². The number of hydrogen-bond acceptors (Lipinski definition) is 5. The lowest BCUT2D eigenvalue weighted by molar-refractivity contribution is -0.145. The Balaban J connectivity index is 1.31. The van der Waals surface area contributed by atoms with Gasteiger partial charge in [0.2, 0.25) is 17.7 Å². The molecule has 2 aliphatic heterocycles. The van der Waals surface area contributed by atoms with Crippen molar-refractivity contribution in [2.45, 2.75) is 25.2 Å². The van der Waals surface area contributed by atoms with E-state index in [0.29, 0.717) is 13.1 Å². The van der Waals surface area contributed by atoms with Crippen LogP contribution in [0.5, 0.6) is 0 Å². The first-order chi connectivity index (χ1) is 17.7. The van der Waals surface area contributed by atoms with Gasteiger partial charge in [-0.15, -0.1) is 0 Å². The van der Waals surface area contributed by atoms with Crippen LogP contribution in [-0.4, -0.2) is 84.3 Å². The van der Waals surface area contributed by atoms with Gasteiger partial charge in [-0.2, -0.15) is 13.2 Å². The van der Waals surface area contributed by atoms with Crippen LogP contribution >= 0.6 is 0 Å². The molecule has 0 aromatic heterocycles. The summed E-state index contributed by atoms with van der Waals surface area (Å²) < 4.78 is 38.9. The number of anilines is 1. The fourth-order valence-corrected chi connectivity index (χ4v) is 4.61. The van der Waals surface area contributed by atoms with E-state index in [1.807, 2.05) is 23.1 Å². The fourth-order valence-electron chi connectivity index (χ4n) is 4.61. The summed E-state index contributed by atoms with van der Waals surface area (Å²) in [6.07, 6.45) is -4.89. The maximum absolute atomic E-state index is 13.1. The van der Waals surface area contributed by atoms with E-state index in [-0.39, 0.29) is 37.6 Å². The van der Waals surface area contributed by atoms with E-state index < -0.39 is 29.6 Å². The van der Waals surface area contributed by atoms with Crippen LogP contribution in [-0.2, 0) is 27.1 Å². The summed E-state index contributed by atoms with van der Waals surface area (Å²) in [6.45, 7) is 4.56. The number of piperazine rings is 2. The molecule has 1 atom stereocenters. The van der Waals surface area contributed by atoms with Gasteiger partial charge in [-0.25, -0.2) is 0 Å². The van der Waals surface area contributed by atoms with Crippen molar-refractivity contribution >= 4 is 23.4 Å². The van der Waals surface area contributed by atoms with Crippen LogP contribution in [0.2, 0.25) is 0 Å². The molecular formula is C26H30F3N5O3. The first kappa shape index (κ1) is 26.6. The molecule has 2 heterocycles. The van der Waals surface area contributed by atoms with E-state index in [2.05, 4.69) is 27.7 Å². The number of nitrogens with one attached hydrogen (secondary N) is 2. The molecule has 2 aromatic rings. The Morgan fingerprint density at radius 2 is 1.65 bits per heavy atom. The maximum Gasteiger partial charge on any atom is 0.416 e. The summed E-state index contributed by atoms with van der Waals surface area (Å²) in [6, 6.07) is 13.4. The monoisotopic (exact) mass is 517 g/mol. The van der Waals surface area contributed by atoms with E-state index >= 15 is 0 Å². The van der Waals surface area contributed by atoms with Gasteiger partial charge >= 0.3 is 6.18 Å². The number of rotatable bonds is 7. The number of halogens is 3. The van der Waals surface area contributed by atoms with Gasteiger partial charge in [0.15, 0.2) is 0 Å². The minimum atomic E-state index is -4.54. The van der Waals surface area contributed by atoms with Gasteiger partial charge in [0.1, 0.15) is 6.04 Å². The third-order valence-corrected chi connectivity index (χ3v) is 6.58. The highest BCUT2D eigenvalue weighted by Crippen LogP contribution is 2.30. The molecule has 0 saturated carbocycles. The zero-order valence-electron chi connectivity index (χ0n) is 20.3. The second-order valence-corrected chi connectivity index (χ2v) is 9.26. The Bertz CT molecular complexity index is 1100. The van der Waals surface area contributed by atoms with Crippen LogP contribution in [0.25, 0.3) is 0 Å². The molecule has 0 bridgehead atoms. The number of alkyl halides is 3. The number of carbonyl (C=O) groups is 3. The summed E-state index contributed by atoms with van der Waals surface area (Å²) in [4.78, 5) is 44.0. The third kappa shape index (κ3) is 7.30. The molecule has 2 aliphatic rings. The van der Waals surface area contributed by atoms with Crippen LogP contribution in [0.15, 0.2) is 54.6 Å². The molecule has 4 rings (SSSR count). The predicted octanol–water partition coefficient (Wildman–Crippen LogP) is 2.18. The van der Waals surface area contributed by atoms with Gasteiger partial charge in [-0.1, -0.05) is 36.4 Å². The zero-order chi connectivity index (χ0) is 26.4. The molecular weight excluding hydrogens is 487 g/mol. The van der Waals surface area contributed by atoms with Crippen molar-refractivity contribution in [1.82, 2.24) is 20.0 Å². The Labute approximate surface area is 213 Å². The second kappa shape index (κ2) is 11.7. The van der Waals surface area contributed by atoms with Gasteiger partial charge in [-0.3, -0.25) is 24.2 Å². The molecule has 3 amide bonds. The molecule has 198 valence electrons. The highest BCUT2D eigenvalue weighted by atomic mass is 19.4. The average Bonchev–Trinajstić information content (AvgIpc) is 2.86. The summed E-state index contributed by atoms with van der Waals surface area (Å²) in [7, 11) is 0. The van der Waals surface area contributed by atoms with Crippen molar-refractivity contribution in [2.75, 3.05) is 51.1 Å².